The molecule has 3 heterocycles. The van der Waals surface area contributed by atoms with Crippen LogP contribution in [0.4, 0.5) is 0 Å². The van der Waals surface area contributed by atoms with Gasteiger partial charge in [-0.2, -0.15) is 0 Å². The van der Waals surface area contributed by atoms with Gasteiger partial charge in [-0.15, -0.1) is 0 Å². The zero-order chi connectivity index (χ0) is 77.7. The van der Waals surface area contributed by atoms with E-state index in [1.165, 1.54) is 94.0 Å². The summed E-state index contributed by atoms with van der Waals surface area (Å²) in [6, 6.07) is -4.43. The molecule has 3 aliphatic heterocycles. The summed E-state index contributed by atoms with van der Waals surface area (Å²) in [6.45, 7) is 10.5. The van der Waals surface area contributed by atoms with Gasteiger partial charge in [0, 0.05) is 45.1 Å². The Labute approximate surface area is 614 Å². The van der Waals surface area contributed by atoms with Gasteiger partial charge in [0.05, 0.1) is 6.10 Å². The molecule has 5 rings (SSSR count). The number of unbranched alkanes of at least 4 members (excludes halogenated alkanes) is 9. The number of aromatic hydroxyl groups is 1. The maximum Gasteiger partial charge on any atom is 0.334 e. The minimum absolute atomic E-state index is 0.00724. The molecule has 2 bridgehead atoms. The fourth-order valence-corrected chi connectivity index (χ4v) is 12.3. The Morgan fingerprint density at radius 3 is 1.70 bits per heavy atom. The van der Waals surface area contributed by atoms with Crippen molar-refractivity contribution in [2.24, 2.45) is 23.3 Å². The maximum atomic E-state index is 14.8. The molecule has 2 aromatic rings. The molecule has 31 heteroatoms. The van der Waals surface area contributed by atoms with Crippen molar-refractivity contribution in [2.45, 2.75) is 281 Å². The third-order valence-corrected chi connectivity index (χ3v) is 19.2. The van der Waals surface area contributed by atoms with E-state index in [9.17, 15) is 87.5 Å². The molecule has 584 valence electrons. The van der Waals surface area contributed by atoms with E-state index in [1.54, 1.807) is 13.8 Å². The molecule has 1 fully saturated rings. The van der Waals surface area contributed by atoms with Gasteiger partial charge in [0.25, 0.3) is 0 Å². The van der Waals surface area contributed by atoms with Gasteiger partial charge in [-0.1, -0.05) is 136 Å². The lowest BCUT2D eigenvalue weighted by molar-refractivity contribution is -0.143. The van der Waals surface area contributed by atoms with E-state index in [1.807, 2.05) is 0 Å². The first-order valence-electron chi connectivity index (χ1n) is 37.2. The number of aliphatic hydroxyl groups excluding tert-OH is 1. The molecule has 0 aliphatic carbocycles. The van der Waals surface area contributed by atoms with Crippen molar-refractivity contribution in [1.29, 1.82) is 0 Å². The third-order valence-electron chi connectivity index (χ3n) is 19.2. The molecule has 11 amide bonds. The van der Waals surface area contributed by atoms with Crippen LogP contribution in [0.2, 0.25) is 0 Å². The lowest BCUT2D eigenvalue weighted by atomic mass is 9.97. The van der Waals surface area contributed by atoms with Gasteiger partial charge in [-0.05, 0) is 118 Å². The van der Waals surface area contributed by atoms with Gasteiger partial charge in [0.2, 0.25) is 65.0 Å². The molecule has 0 unspecified atom stereocenters. The second kappa shape index (κ2) is 46.5. The van der Waals surface area contributed by atoms with Crippen molar-refractivity contribution in [3.05, 3.63) is 59.7 Å². The largest absolute Gasteiger partial charge is 0.508 e. The molecule has 17 N–H and O–H groups in total. The standard InChI is InChI=1S/C74H114N12O19/c1-7-44(4)22-18-16-14-12-10-11-13-15-17-19-25-60(90)77-53(35-38-61(91)92)66(96)79-52(23-20-40-75)65(95)82-57-43-48-28-32-50(33-29-48)105-74(104)63(45(5)8-2)84-69(99)56(42-47-26-30-49(88)31-27-47)83-68(98)54(34-37-59(76)89)80-71(101)58-24-21-41-86(58)73(103)51(9-3)78-67(97)55(36-39-62(93)94)81-72(102)64(46(6)87)85-70(57)100/h26-33,44-46,51-58,63-64,87-88H,7-25,34-43,75H2,1-6H3,(H2,76,89)(H,77,90)(H,78,97)(H,79,96)(H,80,101)(H,81,102)(H,82,95)(H,83,98)(H,84,99)(H,85,100)(H,91,92)(H,93,94)/t44-,45-,46+,51+,52+,53+,54-,55-,56-,57-,58+,63-,64-/m1/s1. The molecule has 3 aliphatic rings. The minimum atomic E-state index is -1.96. The maximum absolute atomic E-state index is 14.8. The highest BCUT2D eigenvalue weighted by Crippen LogP contribution is 2.23. The van der Waals surface area contributed by atoms with Crippen LogP contribution in [0.1, 0.15) is 213 Å². The number of aliphatic hydroxyl groups is 1. The van der Waals surface area contributed by atoms with Crippen LogP contribution in [0.3, 0.4) is 0 Å². The van der Waals surface area contributed by atoms with E-state index in [0.717, 1.165) is 49.8 Å². The van der Waals surface area contributed by atoms with E-state index >= 15 is 0 Å². The number of hydrogen-bond acceptors (Lipinski definition) is 18. The van der Waals surface area contributed by atoms with Crippen molar-refractivity contribution >= 4 is 82.9 Å². The number of carbonyl (C=O) groups excluding carboxylic acids is 12. The molecule has 1 saturated heterocycles. The summed E-state index contributed by atoms with van der Waals surface area (Å²) in [6.07, 6.45) is 7.64. The van der Waals surface area contributed by atoms with Gasteiger partial charge in [-0.25, -0.2) is 4.79 Å². The summed E-state index contributed by atoms with van der Waals surface area (Å²) in [5.74, 6) is -14.0. The molecular formula is C74H114N12O19. The summed E-state index contributed by atoms with van der Waals surface area (Å²) in [4.78, 5) is 195. The number of ether oxygens (including phenoxy) is 1. The molecule has 105 heavy (non-hydrogen) atoms. The zero-order valence-electron chi connectivity index (χ0n) is 61.6. The monoisotopic (exact) mass is 1470 g/mol. The SMILES string of the molecule is CC[C@@H](C)CCCCCCCCCCCCC(=O)N[C@@H](CCC(=O)O)C(=O)N[C@@H](CCCN)C(=O)N[C@@H]1Cc2ccc(cc2)OC(=O)[C@@H]([C@H](C)CC)NC(=O)[C@@H](Cc2ccc(O)cc2)NC(=O)[C@@H](CCC(N)=O)NC(=O)[C@@H]2CCCN2C(=O)[C@H](CC)NC(=O)[C@@H](CCC(=O)O)NC(=O)[C@@H]([C@H](C)O)NC1=O. The van der Waals surface area contributed by atoms with Crippen LogP contribution in [0.5, 0.6) is 11.5 Å². The van der Waals surface area contributed by atoms with Crippen molar-refractivity contribution in [3.63, 3.8) is 0 Å². The molecule has 0 radical (unpaired) electrons. The topological polar surface area (TPSA) is 493 Å². The number of nitrogens with zero attached hydrogens (tertiary/aromatic N) is 1. The molecular weight excluding hydrogens is 1360 g/mol. The Morgan fingerprint density at radius 2 is 1.13 bits per heavy atom. The van der Waals surface area contributed by atoms with Crippen molar-refractivity contribution in [1.82, 2.24) is 52.8 Å². The van der Waals surface area contributed by atoms with Crippen LogP contribution in [0.15, 0.2) is 48.5 Å². The van der Waals surface area contributed by atoms with Gasteiger partial charge in [-0.3, -0.25) is 62.3 Å². The van der Waals surface area contributed by atoms with Crippen LogP contribution in [0.25, 0.3) is 0 Å². The number of amides is 11. The Morgan fingerprint density at radius 1 is 0.581 bits per heavy atom. The first-order valence-corrected chi connectivity index (χ1v) is 37.2. The summed E-state index contributed by atoms with van der Waals surface area (Å²) >= 11 is 0. The molecule has 0 spiro atoms. The van der Waals surface area contributed by atoms with E-state index in [0.29, 0.717) is 18.4 Å². The summed E-state index contributed by atoms with van der Waals surface area (Å²) < 4.78 is 5.84. The number of nitrogens with two attached hydrogens (primary N) is 2. The highest BCUT2D eigenvalue weighted by atomic mass is 16.5. The molecule has 0 aromatic heterocycles. The van der Waals surface area contributed by atoms with Gasteiger partial charge >= 0.3 is 17.9 Å². The Bertz CT molecular complexity index is 3210. The first kappa shape index (κ1) is 88.1. The second-order valence-corrected chi connectivity index (χ2v) is 27.7. The van der Waals surface area contributed by atoms with Crippen LogP contribution >= 0.6 is 0 Å². The van der Waals surface area contributed by atoms with Crippen LogP contribution in [0, 0.1) is 11.8 Å². The minimum Gasteiger partial charge on any atom is -0.508 e. The fraction of sp³-hybridized carbons (Fsp3) is 0.649. The van der Waals surface area contributed by atoms with Crippen LogP contribution in [-0.2, 0) is 80.0 Å². The Balaban J connectivity index is 1.75. The number of carbonyl (C=O) groups is 14. The number of benzene rings is 2. The van der Waals surface area contributed by atoms with Gasteiger partial charge in [0.1, 0.15) is 71.9 Å². The Hall–Kier alpha value is -9.26. The van der Waals surface area contributed by atoms with Crippen molar-refractivity contribution in [3.8, 4) is 11.5 Å². The average Bonchev–Trinajstić information content (AvgIpc) is 1.81. The number of esters is 1. The summed E-state index contributed by atoms with van der Waals surface area (Å²) in [5, 5.41) is 63.8. The zero-order valence-corrected chi connectivity index (χ0v) is 61.6. The predicted octanol–water partition coefficient (Wildman–Crippen LogP) is 2.75. The first-order chi connectivity index (χ1) is 50.0. The number of aliphatic carboxylic acids is 2. The lowest BCUT2D eigenvalue weighted by Gasteiger charge is -2.31. The number of rotatable bonds is 37. The van der Waals surface area contributed by atoms with Crippen molar-refractivity contribution in [2.75, 3.05) is 13.1 Å². The number of nitrogens with one attached hydrogen (secondary N) is 9. The quantitative estimate of drug-likeness (QED) is 0.0200. The van der Waals surface area contributed by atoms with Gasteiger partial charge in [0.15, 0.2) is 0 Å². The smallest absolute Gasteiger partial charge is 0.334 e. The summed E-state index contributed by atoms with van der Waals surface area (Å²) in [5.41, 5.74) is 12.1. The third kappa shape index (κ3) is 31.5. The number of carboxylic acid groups (broad SMARTS) is 2. The Kier molecular flexibility index (Phi) is 39.1. The number of fused-ring (bicyclic) bond motifs is 23. The van der Waals surface area contributed by atoms with E-state index in [-0.39, 0.29) is 87.9 Å². The van der Waals surface area contributed by atoms with E-state index in [4.69, 9.17) is 16.2 Å². The fourth-order valence-electron chi connectivity index (χ4n) is 12.3. The summed E-state index contributed by atoms with van der Waals surface area (Å²) in [7, 11) is 0. The molecule has 13 atom stereocenters. The predicted molar refractivity (Wildman–Crippen MR) is 386 cm³/mol. The number of phenols is 1. The molecule has 2 aromatic carbocycles. The highest BCUT2D eigenvalue weighted by Gasteiger charge is 2.42. The average molecular weight is 1480 g/mol. The van der Waals surface area contributed by atoms with Crippen LogP contribution < -0.4 is 64.1 Å². The van der Waals surface area contributed by atoms with Gasteiger partial charge < -0.3 is 89.4 Å². The number of hydrogen-bond donors (Lipinski definition) is 15. The normalized spacial score (nSPS) is 21.8. The van der Waals surface area contributed by atoms with Crippen molar-refractivity contribution < 1.29 is 92.3 Å². The van der Waals surface area contributed by atoms with E-state index < -0.39 is 187 Å². The lowest BCUT2D eigenvalue weighted by Crippen LogP contribution is -2.62. The van der Waals surface area contributed by atoms with Crippen LogP contribution in [-0.4, -0.2) is 188 Å². The number of primary amides is 1. The molecule has 31 nitrogen and oxygen atoms in total. The number of carboxylic acids is 2. The van der Waals surface area contributed by atoms with E-state index in [2.05, 4.69) is 61.7 Å². The second-order valence-electron chi connectivity index (χ2n) is 27.7. The number of phenolic OH excluding ortho intramolecular Hbond substituents is 1. The molecule has 0 saturated carbocycles. The highest BCUT2D eigenvalue weighted by molar-refractivity contribution is 5.99.